The van der Waals surface area contributed by atoms with Crippen molar-refractivity contribution < 1.29 is 52.2 Å². The maximum absolute atomic E-state index is 14.8. The number of hydrogen-bond donors (Lipinski definition) is 4. The number of hydrogen-bond acceptors (Lipinski definition) is 13. The molecule has 5 aliphatic rings. The zero-order valence-electron chi connectivity index (χ0n) is 48.1. The van der Waals surface area contributed by atoms with Gasteiger partial charge in [0.25, 0.3) is 6.47 Å². The van der Waals surface area contributed by atoms with Crippen LogP contribution in [0.2, 0.25) is 0 Å². The first-order valence-corrected chi connectivity index (χ1v) is 28.7. The second kappa shape index (κ2) is 27.5. The average Bonchev–Trinajstić information content (AvgIpc) is 4.02. The molecule has 3 fully saturated rings. The highest BCUT2D eigenvalue weighted by Crippen LogP contribution is 2.45. The molecule has 0 bridgehead atoms. The molecule has 20 nitrogen and oxygen atoms in total. The van der Waals surface area contributed by atoms with Crippen molar-refractivity contribution in [3.63, 3.8) is 0 Å². The minimum Gasteiger partial charge on any atom is -0.461 e. The summed E-state index contributed by atoms with van der Waals surface area (Å²) in [4.78, 5) is 118. The third-order valence-corrected chi connectivity index (χ3v) is 15.8. The number of esters is 1. The number of allylic oxidation sites excluding steroid dienone is 1. The summed E-state index contributed by atoms with van der Waals surface area (Å²) in [5.41, 5.74) is 5.18. The molecule has 1 aliphatic carbocycles. The summed E-state index contributed by atoms with van der Waals surface area (Å²) in [7, 11) is 9.32. The van der Waals surface area contributed by atoms with Crippen LogP contribution in [-0.2, 0) is 49.5 Å². The number of thiocarbonyl (C=S) groups is 1. The molecule has 3 aromatic rings. The van der Waals surface area contributed by atoms with Crippen LogP contribution in [0.15, 0.2) is 101 Å². The van der Waals surface area contributed by atoms with E-state index in [1.807, 2.05) is 99.2 Å². The Bertz CT molecular complexity index is 3340. The number of anilines is 2. The van der Waals surface area contributed by atoms with E-state index in [-0.39, 0.29) is 44.5 Å². The van der Waals surface area contributed by atoms with Gasteiger partial charge in [0.2, 0.25) is 40.8 Å². The monoisotopic (exact) mass is 1150 g/mol. The molecule has 3 saturated heterocycles. The van der Waals surface area contributed by atoms with Crippen LogP contribution >= 0.6 is 12.2 Å². The Balaban J connectivity index is 1.00. The maximum Gasteiger partial charge on any atom is 0.328 e. The van der Waals surface area contributed by atoms with Gasteiger partial charge in [-0.2, -0.15) is 0 Å². The van der Waals surface area contributed by atoms with Crippen LogP contribution in [0, 0.1) is 0 Å². The number of nitrogens with one attached hydrogen (secondary N) is 4. The molecule has 438 valence electrons. The molecular weight excluding hydrogens is 1080 g/mol. The van der Waals surface area contributed by atoms with Crippen LogP contribution in [0.1, 0.15) is 77.2 Å². The number of likely N-dealkylation sites (N-methyl/N-ethyl adjacent to an activating group) is 1. The van der Waals surface area contributed by atoms with E-state index in [1.54, 1.807) is 36.4 Å². The van der Waals surface area contributed by atoms with Crippen molar-refractivity contribution >= 4 is 87.4 Å². The lowest BCUT2D eigenvalue weighted by atomic mass is 9.92. The van der Waals surface area contributed by atoms with Gasteiger partial charge in [0.1, 0.15) is 74.0 Å². The predicted octanol–water partition coefficient (Wildman–Crippen LogP) is 5.19. The standard InChI is InChI=1S/C62H73N9O11S/c1-8-9-22-54(73)65-46(32-39-17-11-10-12-18-39)57(74)66-47-36-80-62(79)50-21-16-31-71(50)59(76)38(2)63-58(75)48(69(7)61(78)49-20-15-30-70(49)60(47)77)19-13-14-23-55(83)64-40-24-27-43(51(33-40)81-37-72)56-44-28-25-41(67(3)4)34-52(44)82-53-35-42(68(5)6)26-29-45(53)56/h9-12,17-18,22,24-29,33-35,37-38,46-50H,8,13-16,19-21,23,30-32,36H2,1-7H3,(H3,63,65,66,73,74,75)/p+1/b22-9+/t38-,46?,47-,48-,49-,50-/m0/s1. The molecule has 0 spiro atoms. The Morgan fingerprint density at radius 2 is 1.61 bits per heavy atom. The molecule has 4 heterocycles. The number of carbonyl (C=O) groups excluding carboxylic acids is 8. The van der Waals surface area contributed by atoms with Crippen molar-refractivity contribution in [1.29, 1.82) is 0 Å². The number of carbonyl (C=O) groups is 8. The van der Waals surface area contributed by atoms with Crippen molar-refractivity contribution in [3.05, 3.63) is 108 Å². The summed E-state index contributed by atoms with van der Waals surface area (Å²) in [5.74, 6) is -3.44. The normalized spacial score (nSPS) is 20.2. The first-order valence-electron chi connectivity index (χ1n) is 28.3. The first-order chi connectivity index (χ1) is 39.9. The van der Waals surface area contributed by atoms with E-state index in [9.17, 15) is 38.4 Å². The van der Waals surface area contributed by atoms with Gasteiger partial charge in [-0.3, -0.25) is 33.6 Å². The number of rotatable bonds is 17. The highest BCUT2D eigenvalue weighted by Gasteiger charge is 2.44. The van der Waals surface area contributed by atoms with Crippen LogP contribution in [0.3, 0.4) is 0 Å². The molecule has 4 N–H and O–H groups in total. The molecule has 4 aliphatic heterocycles. The average molecular weight is 1150 g/mol. The smallest absolute Gasteiger partial charge is 0.328 e. The van der Waals surface area contributed by atoms with Gasteiger partial charge in [0.05, 0.1) is 11.1 Å². The van der Waals surface area contributed by atoms with E-state index in [1.165, 1.54) is 34.7 Å². The SMILES string of the molecule is CC/C=C/C(=O)NC(Cc1ccccc1)C(=O)N[C@H]1COC(=O)[C@@H]2CCCN2C(=O)[C@H](C)NC(=O)[C@H](CCCCC(=S)Nc2ccc(-c3c4ccc(=[N+](C)C)cc-4oc4cc(N(C)C)ccc34)c(OC=O)c2)N(C)C(=O)[C@@H]2CCCN2C1=O. The summed E-state index contributed by atoms with van der Waals surface area (Å²) in [6, 6.07) is 19.5. The zero-order chi connectivity index (χ0) is 59.5. The van der Waals surface area contributed by atoms with Crippen molar-refractivity contribution in [2.75, 3.05) is 65.2 Å². The molecular formula is C62H74N9O11S+. The fraction of sp³-hybridized carbons (Fsp3) is 0.419. The Morgan fingerprint density at radius 1 is 0.892 bits per heavy atom. The molecule has 21 heteroatoms. The molecule has 1 unspecified atom stereocenters. The Labute approximate surface area is 488 Å². The molecule has 3 aromatic carbocycles. The molecule has 0 aromatic heterocycles. The van der Waals surface area contributed by atoms with E-state index in [0.29, 0.717) is 72.6 Å². The minimum atomic E-state index is -1.49. The lowest BCUT2D eigenvalue weighted by molar-refractivity contribution is -0.158. The van der Waals surface area contributed by atoms with Crippen molar-refractivity contribution in [2.45, 2.75) is 114 Å². The number of amides is 6. The Morgan fingerprint density at radius 3 is 2.33 bits per heavy atom. The first kappa shape index (κ1) is 60.6. The van der Waals surface area contributed by atoms with Crippen LogP contribution in [0.5, 0.6) is 5.75 Å². The highest BCUT2D eigenvalue weighted by atomic mass is 32.1. The number of ether oxygens (including phenoxy) is 2. The van der Waals surface area contributed by atoms with E-state index in [0.717, 1.165) is 33.1 Å². The van der Waals surface area contributed by atoms with Gasteiger partial charge >= 0.3 is 5.97 Å². The molecule has 8 rings (SSSR count). The van der Waals surface area contributed by atoms with Crippen molar-refractivity contribution in [1.82, 2.24) is 35.2 Å². The van der Waals surface area contributed by atoms with Gasteiger partial charge in [0, 0.05) is 92.3 Å². The Kier molecular flexibility index (Phi) is 20.1. The molecule has 0 radical (unpaired) electrons. The molecule has 83 heavy (non-hydrogen) atoms. The lowest BCUT2D eigenvalue weighted by Crippen LogP contribution is -2.60. The van der Waals surface area contributed by atoms with Gasteiger partial charge in [-0.1, -0.05) is 62.0 Å². The van der Waals surface area contributed by atoms with Crippen LogP contribution in [-0.4, -0.2) is 159 Å². The summed E-state index contributed by atoms with van der Waals surface area (Å²) in [5, 5.41) is 13.3. The second-order valence-corrected chi connectivity index (χ2v) is 22.2. The van der Waals surface area contributed by atoms with Crippen molar-refractivity contribution in [2.24, 2.45) is 0 Å². The summed E-state index contributed by atoms with van der Waals surface area (Å²) in [6.45, 7) is 3.50. The molecule has 6 amide bonds. The van der Waals surface area contributed by atoms with Gasteiger partial charge in [-0.25, -0.2) is 9.37 Å². The van der Waals surface area contributed by atoms with Crippen molar-refractivity contribution in [3.8, 4) is 28.2 Å². The van der Waals surface area contributed by atoms with Gasteiger partial charge in [-0.05, 0) is 100 Å². The van der Waals surface area contributed by atoms with Crippen LogP contribution < -0.4 is 40.8 Å². The van der Waals surface area contributed by atoms with Gasteiger partial charge in [-0.15, -0.1) is 0 Å². The fourth-order valence-corrected chi connectivity index (χ4v) is 11.3. The number of unbranched alkanes of at least 4 members (excludes halogenated alkanes) is 1. The van der Waals surface area contributed by atoms with Crippen LogP contribution in [0.4, 0.5) is 11.4 Å². The predicted molar refractivity (Wildman–Crippen MR) is 319 cm³/mol. The van der Waals surface area contributed by atoms with E-state index >= 15 is 0 Å². The fourth-order valence-electron chi connectivity index (χ4n) is 11.0. The topological polar surface area (TPSA) is 232 Å². The number of fused-ring (bicyclic) bond motifs is 4. The van der Waals surface area contributed by atoms with Gasteiger partial charge < -0.3 is 54.8 Å². The maximum atomic E-state index is 14.8. The van der Waals surface area contributed by atoms with E-state index in [4.69, 9.17) is 26.1 Å². The minimum absolute atomic E-state index is 0.0735. The summed E-state index contributed by atoms with van der Waals surface area (Å²) < 4.78 is 19.9. The second-order valence-electron chi connectivity index (χ2n) is 21.7. The largest absolute Gasteiger partial charge is 0.461 e. The number of benzene rings is 4. The quantitative estimate of drug-likeness (QED) is 0.0179. The summed E-state index contributed by atoms with van der Waals surface area (Å²) in [6.07, 6.45) is 6.45. The van der Waals surface area contributed by atoms with Crippen LogP contribution in [0.25, 0.3) is 33.4 Å². The highest BCUT2D eigenvalue weighted by molar-refractivity contribution is 7.80. The zero-order valence-corrected chi connectivity index (χ0v) is 48.9. The number of nitrogens with zero attached hydrogens (tertiary/aromatic N) is 5. The summed E-state index contributed by atoms with van der Waals surface area (Å²) >= 11 is 5.85. The van der Waals surface area contributed by atoms with E-state index < -0.39 is 84.3 Å². The number of cyclic esters (lactones) is 1. The molecule has 6 atom stereocenters. The third kappa shape index (κ3) is 14.4. The lowest BCUT2D eigenvalue weighted by Gasteiger charge is -2.35. The Hall–Kier alpha value is -8.46. The van der Waals surface area contributed by atoms with E-state index in [2.05, 4.69) is 21.3 Å². The van der Waals surface area contributed by atoms with Gasteiger partial charge in [0.15, 0.2) is 0 Å². The third-order valence-electron chi connectivity index (χ3n) is 15.5. The molecule has 0 saturated carbocycles.